The van der Waals surface area contributed by atoms with Crippen LogP contribution in [0.25, 0.3) is 0 Å². The maximum Gasteiger partial charge on any atom is 0.115 e. The molecule has 0 atom stereocenters. The van der Waals surface area contributed by atoms with E-state index in [1.807, 2.05) is 30.3 Å². The predicted molar refractivity (Wildman–Crippen MR) is 64.3 cm³/mol. The molecular weight excluding hydrogens is 184 g/mol. The van der Waals surface area contributed by atoms with Crippen molar-refractivity contribution in [1.82, 2.24) is 0 Å². The highest BCUT2D eigenvalue weighted by molar-refractivity contribution is 5.22. The van der Waals surface area contributed by atoms with Crippen LogP contribution in [0.1, 0.15) is 19.4 Å². The molecule has 1 rings (SSSR count). The summed E-state index contributed by atoms with van der Waals surface area (Å²) < 4.78 is 5.56. The van der Waals surface area contributed by atoms with E-state index in [9.17, 15) is 0 Å². The molecule has 0 heterocycles. The van der Waals surface area contributed by atoms with Gasteiger partial charge in [0.15, 0.2) is 0 Å². The third-order valence-electron chi connectivity index (χ3n) is 2.31. The highest BCUT2D eigenvalue weighted by Crippen LogP contribution is 2.17. The van der Waals surface area contributed by atoms with Crippen molar-refractivity contribution in [3.63, 3.8) is 0 Å². The van der Waals surface area contributed by atoms with Gasteiger partial charge in [-0.2, -0.15) is 0 Å². The predicted octanol–water partition coefficient (Wildman–Crippen LogP) is 3.93. The molecule has 0 saturated heterocycles. The van der Waals surface area contributed by atoms with Crippen molar-refractivity contribution in [2.45, 2.75) is 20.5 Å². The zero-order valence-electron chi connectivity index (χ0n) is 9.49. The van der Waals surface area contributed by atoms with Gasteiger partial charge in [-0.25, -0.2) is 0 Å². The first kappa shape index (κ1) is 11.6. The first-order chi connectivity index (χ1) is 7.11. The smallest absolute Gasteiger partial charge is 0.115 e. The van der Waals surface area contributed by atoms with E-state index in [1.54, 1.807) is 0 Å². The third kappa shape index (κ3) is 3.62. The number of ether oxygens (including phenoxy) is 1. The SMILES string of the molecule is C=C(OCc1ccccc1)C(=C)C(C)C. The van der Waals surface area contributed by atoms with Gasteiger partial charge in [0.2, 0.25) is 0 Å². The van der Waals surface area contributed by atoms with Crippen molar-refractivity contribution in [1.29, 1.82) is 0 Å². The summed E-state index contributed by atoms with van der Waals surface area (Å²) in [5.74, 6) is 1.07. The highest BCUT2D eigenvalue weighted by Gasteiger charge is 2.05. The van der Waals surface area contributed by atoms with E-state index in [0.717, 1.165) is 11.1 Å². The average Bonchev–Trinajstić information content (AvgIpc) is 2.26. The van der Waals surface area contributed by atoms with Crippen LogP contribution in [0.3, 0.4) is 0 Å². The summed E-state index contributed by atoms with van der Waals surface area (Å²) >= 11 is 0. The second kappa shape index (κ2) is 5.40. The summed E-state index contributed by atoms with van der Waals surface area (Å²) in [4.78, 5) is 0. The number of rotatable bonds is 5. The number of hydrogen-bond donors (Lipinski definition) is 0. The summed E-state index contributed by atoms with van der Waals surface area (Å²) in [6.45, 7) is 12.5. The Hall–Kier alpha value is -1.50. The standard InChI is InChI=1S/C14H18O/c1-11(2)12(3)13(4)15-10-14-8-6-5-7-9-14/h5-9,11H,3-4,10H2,1-2H3. The Morgan fingerprint density at radius 1 is 1.20 bits per heavy atom. The molecule has 0 aliphatic carbocycles. The van der Waals surface area contributed by atoms with Crippen LogP contribution >= 0.6 is 0 Å². The average molecular weight is 202 g/mol. The molecule has 1 nitrogen and oxygen atoms in total. The van der Waals surface area contributed by atoms with E-state index in [1.165, 1.54) is 0 Å². The van der Waals surface area contributed by atoms with Crippen LogP contribution < -0.4 is 0 Å². The normalized spacial score (nSPS) is 10.1. The Bertz CT molecular complexity index is 336. The quantitative estimate of drug-likeness (QED) is 0.519. The molecule has 1 heteroatoms. The lowest BCUT2D eigenvalue weighted by atomic mass is 10.0. The van der Waals surface area contributed by atoms with Gasteiger partial charge in [0.05, 0.1) is 0 Å². The molecule has 0 amide bonds. The molecular formula is C14H18O. The van der Waals surface area contributed by atoms with Gasteiger partial charge in [-0.15, -0.1) is 0 Å². The number of allylic oxidation sites excluding steroid dienone is 1. The van der Waals surface area contributed by atoms with E-state index in [4.69, 9.17) is 4.74 Å². The van der Waals surface area contributed by atoms with Crippen LogP contribution in [0.5, 0.6) is 0 Å². The molecule has 0 spiro atoms. The van der Waals surface area contributed by atoms with Crippen molar-refractivity contribution >= 4 is 0 Å². The van der Waals surface area contributed by atoms with Gasteiger partial charge >= 0.3 is 0 Å². The molecule has 0 aliphatic rings. The second-order valence-electron chi connectivity index (χ2n) is 3.88. The maximum atomic E-state index is 5.56. The first-order valence-corrected chi connectivity index (χ1v) is 5.16. The monoisotopic (exact) mass is 202 g/mol. The Labute approximate surface area is 92.1 Å². The Balaban J connectivity index is 2.45. The van der Waals surface area contributed by atoms with Crippen molar-refractivity contribution in [3.05, 3.63) is 60.4 Å². The van der Waals surface area contributed by atoms with Gasteiger partial charge in [-0.1, -0.05) is 57.3 Å². The molecule has 1 aromatic carbocycles. The van der Waals surface area contributed by atoms with Gasteiger partial charge in [-0.05, 0) is 17.1 Å². The lowest BCUT2D eigenvalue weighted by Crippen LogP contribution is -2.00. The fourth-order valence-corrected chi connectivity index (χ4v) is 1.16. The van der Waals surface area contributed by atoms with Crippen molar-refractivity contribution in [2.24, 2.45) is 5.92 Å². The van der Waals surface area contributed by atoms with Crippen molar-refractivity contribution in [2.75, 3.05) is 0 Å². The van der Waals surface area contributed by atoms with Gasteiger partial charge < -0.3 is 4.74 Å². The molecule has 0 aromatic heterocycles. The minimum atomic E-state index is 0.383. The van der Waals surface area contributed by atoms with E-state index in [2.05, 4.69) is 27.0 Å². The molecule has 0 N–H and O–H groups in total. The first-order valence-electron chi connectivity index (χ1n) is 5.16. The lowest BCUT2D eigenvalue weighted by Gasteiger charge is -2.14. The minimum Gasteiger partial charge on any atom is -0.489 e. The summed E-state index contributed by atoms with van der Waals surface area (Å²) in [7, 11) is 0. The molecule has 0 aliphatic heterocycles. The molecule has 0 unspecified atom stereocenters. The third-order valence-corrected chi connectivity index (χ3v) is 2.31. The van der Waals surface area contributed by atoms with E-state index >= 15 is 0 Å². The topological polar surface area (TPSA) is 9.23 Å². The fraction of sp³-hybridized carbons (Fsp3) is 0.286. The largest absolute Gasteiger partial charge is 0.489 e. The summed E-state index contributed by atoms with van der Waals surface area (Å²) in [5, 5.41) is 0. The Morgan fingerprint density at radius 2 is 1.80 bits per heavy atom. The van der Waals surface area contributed by atoms with E-state index < -0.39 is 0 Å². The molecule has 1 aromatic rings. The molecule has 0 fully saturated rings. The summed E-state index contributed by atoms with van der Waals surface area (Å²) in [5.41, 5.74) is 2.11. The van der Waals surface area contributed by atoms with E-state index in [-0.39, 0.29) is 0 Å². The van der Waals surface area contributed by atoms with Crippen molar-refractivity contribution < 1.29 is 4.74 Å². The van der Waals surface area contributed by atoms with Crippen LogP contribution in [-0.2, 0) is 11.3 Å². The number of benzene rings is 1. The van der Waals surface area contributed by atoms with Crippen molar-refractivity contribution in [3.8, 4) is 0 Å². The summed E-state index contributed by atoms with van der Waals surface area (Å²) in [6, 6.07) is 10.1. The lowest BCUT2D eigenvalue weighted by molar-refractivity contribution is 0.204. The molecule has 15 heavy (non-hydrogen) atoms. The Kier molecular flexibility index (Phi) is 4.17. The maximum absolute atomic E-state index is 5.56. The van der Waals surface area contributed by atoms with Gasteiger partial charge in [0.25, 0.3) is 0 Å². The molecule has 0 bridgehead atoms. The van der Waals surface area contributed by atoms with E-state index in [0.29, 0.717) is 18.3 Å². The number of hydrogen-bond acceptors (Lipinski definition) is 1. The van der Waals surface area contributed by atoms with Crippen LogP contribution in [0, 0.1) is 5.92 Å². The van der Waals surface area contributed by atoms with Gasteiger partial charge in [0, 0.05) is 0 Å². The summed E-state index contributed by atoms with van der Waals surface area (Å²) in [6.07, 6.45) is 0. The minimum absolute atomic E-state index is 0.383. The fourth-order valence-electron chi connectivity index (χ4n) is 1.16. The van der Waals surface area contributed by atoms with Crippen LogP contribution in [0.4, 0.5) is 0 Å². The van der Waals surface area contributed by atoms with Crippen LogP contribution in [0.15, 0.2) is 54.8 Å². The van der Waals surface area contributed by atoms with Crippen LogP contribution in [-0.4, -0.2) is 0 Å². The zero-order chi connectivity index (χ0) is 11.3. The van der Waals surface area contributed by atoms with Crippen LogP contribution in [0.2, 0.25) is 0 Å². The second-order valence-corrected chi connectivity index (χ2v) is 3.88. The molecule has 0 radical (unpaired) electrons. The molecule has 0 saturated carbocycles. The van der Waals surface area contributed by atoms with Gasteiger partial charge in [0.1, 0.15) is 12.4 Å². The molecule has 80 valence electrons. The van der Waals surface area contributed by atoms with Gasteiger partial charge in [-0.3, -0.25) is 0 Å². The Morgan fingerprint density at radius 3 is 2.33 bits per heavy atom. The zero-order valence-corrected chi connectivity index (χ0v) is 9.49. The highest BCUT2D eigenvalue weighted by atomic mass is 16.5.